The number of nitrogens with zero attached hydrogens (tertiary/aromatic N) is 1. The van der Waals surface area contributed by atoms with Crippen molar-refractivity contribution in [3.63, 3.8) is 0 Å². The van der Waals surface area contributed by atoms with E-state index in [2.05, 4.69) is 34.6 Å². The number of benzene rings is 1. The first-order chi connectivity index (χ1) is 9.85. The van der Waals surface area contributed by atoms with E-state index in [-0.39, 0.29) is 6.29 Å². The van der Waals surface area contributed by atoms with Crippen LogP contribution in [0.1, 0.15) is 31.4 Å². The maximum atomic E-state index is 5.55. The number of fused-ring (bicyclic) bond motifs is 1. The third-order valence-corrected chi connectivity index (χ3v) is 3.29. The van der Waals surface area contributed by atoms with Crippen LogP contribution >= 0.6 is 0 Å². The summed E-state index contributed by atoms with van der Waals surface area (Å²) in [4.78, 5) is 4.65. The molecule has 1 aromatic rings. The number of rotatable bonds is 6. The van der Waals surface area contributed by atoms with E-state index in [9.17, 15) is 0 Å². The van der Waals surface area contributed by atoms with Crippen LogP contribution in [-0.2, 0) is 15.9 Å². The Labute approximate surface area is 121 Å². The van der Waals surface area contributed by atoms with Gasteiger partial charge in [-0.05, 0) is 32.3 Å². The Morgan fingerprint density at radius 2 is 1.95 bits per heavy atom. The molecule has 1 aromatic carbocycles. The zero-order valence-corrected chi connectivity index (χ0v) is 12.4. The van der Waals surface area contributed by atoms with Crippen LogP contribution in [0, 0.1) is 0 Å². The molecule has 2 rings (SSSR count). The highest BCUT2D eigenvalue weighted by atomic mass is 16.7. The molecular formula is C16H24N2O2. The molecule has 1 heterocycles. The van der Waals surface area contributed by atoms with Crippen LogP contribution in [0.2, 0.25) is 0 Å². The Hall–Kier alpha value is -1.39. The van der Waals surface area contributed by atoms with Gasteiger partial charge in [-0.1, -0.05) is 24.3 Å². The summed E-state index contributed by atoms with van der Waals surface area (Å²) in [6.07, 6.45) is 1.97. The summed E-state index contributed by atoms with van der Waals surface area (Å²) in [5, 5.41) is 3.39. The molecule has 0 fully saturated rings. The Balaban J connectivity index is 2.03. The first kappa shape index (κ1) is 15.0. The third kappa shape index (κ3) is 4.05. The van der Waals surface area contributed by atoms with Crippen molar-refractivity contribution in [2.24, 2.45) is 4.99 Å². The van der Waals surface area contributed by atoms with Gasteiger partial charge < -0.3 is 14.8 Å². The monoisotopic (exact) mass is 276 g/mol. The average Bonchev–Trinajstić information content (AvgIpc) is 2.67. The van der Waals surface area contributed by atoms with Crippen molar-refractivity contribution in [1.29, 1.82) is 0 Å². The van der Waals surface area contributed by atoms with Crippen molar-refractivity contribution in [3.05, 3.63) is 35.4 Å². The van der Waals surface area contributed by atoms with E-state index >= 15 is 0 Å². The molecular weight excluding hydrogens is 252 g/mol. The standard InChI is InChI=1S/C16H24N2O2/c1-3-19-15(20-4-2)12-18-16-14-10-6-5-8-13(14)9-7-11-17-16/h5-6,8,10,15H,3-4,7,9,11-12H2,1-2H3,(H,17,18). The van der Waals surface area contributed by atoms with Crippen molar-refractivity contribution in [2.75, 3.05) is 26.3 Å². The van der Waals surface area contributed by atoms with Gasteiger partial charge in [0.05, 0.1) is 6.54 Å². The molecule has 1 aliphatic rings. The van der Waals surface area contributed by atoms with Crippen LogP contribution in [0.3, 0.4) is 0 Å². The van der Waals surface area contributed by atoms with E-state index in [1.807, 2.05) is 13.8 Å². The molecule has 4 heteroatoms. The molecule has 4 nitrogen and oxygen atoms in total. The first-order valence-electron chi connectivity index (χ1n) is 7.45. The molecule has 0 saturated carbocycles. The minimum Gasteiger partial charge on any atom is -0.365 e. The number of aryl methyl sites for hydroxylation is 1. The molecule has 0 radical (unpaired) electrons. The van der Waals surface area contributed by atoms with Gasteiger partial charge in [0.15, 0.2) is 6.29 Å². The highest BCUT2D eigenvalue weighted by Crippen LogP contribution is 2.15. The number of nitrogens with one attached hydrogen (secondary N) is 1. The van der Waals surface area contributed by atoms with Crippen LogP contribution in [0.4, 0.5) is 0 Å². The molecule has 110 valence electrons. The fourth-order valence-electron chi connectivity index (χ4n) is 2.38. The predicted octanol–water partition coefficient (Wildman–Crippen LogP) is 2.37. The second-order valence-corrected chi connectivity index (χ2v) is 4.71. The highest BCUT2D eigenvalue weighted by Gasteiger charge is 2.14. The summed E-state index contributed by atoms with van der Waals surface area (Å²) in [5.74, 6) is 0.961. The zero-order chi connectivity index (χ0) is 14.2. The quantitative estimate of drug-likeness (QED) is 0.811. The molecule has 1 aliphatic heterocycles. The van der Waals surface area contributed by atoms with Gasteiger partial charge in [0.1, 0.15) is 5.84 Å². The Morgan fingerprint density at radius 3 is 2.70 bits per heavy atom. The maximum absolute atomic E-state index is 5.55. The number of aliphatic imine (C=N–C) groups is 1. The minimum absolute atomic E-state index is 0.219. The summed E-state index contributed by atoms with van der Waals surface area (Å²) >= 11 is 0. The minimum atomic E-state index is -0.219. The van der Waals surface area contributed by atoms with Gasteiger partial charge in [-0.25, -0.2) is 0 Å². The van der Waals surface area contributed by atoms with E-state index < -0.39 is 0 Å². The molecule has 0 saturated heterocycles. The summed E-state index contributed by atoms with van der Waals surface area (Å²) in [6.45, 7) is 6.74. The van der Waals surface area contributed by atoms with Gasteiger partial charge in [0.25, 0.3) is 0 Å². The zero-order valence-electron chi connectivity index (χ0n) is 12.4. The fraction of sp³-hybridized carbons (Fsp3) is 0.562. The highest BCUT2D eigenvalue weighted by molar-refractivity contribution is 6.00. The lowest BCUT2D eigenvalue weighted by atomic mass is 10.0. The second-order valence-electron chi connectivity index (χ2n) is 4.71. The van der Waals surface area contributed by atoms with E-state index in [4.69, 9.17) is 9.47 Å². The molecule has 0 aliphatic carbocycles. The Kier molecular flexibility index (Phi) is 6.02. The van der Waals surface area contributed by atoms with E-state index in [1.165, 1.54) is 11.1 Å². The Bertz CT molecular complexity index is 440. The van der Waals surface area contributed by atoms with Gasteiger partial charge in [-0.2, -0.15) is 0 Å². The normalized spacial score (nSPS) is 14.7. The van der Waals surface area contributed by atoms with Gasteiger partial charge in [-0.3, -0.25) is 4.99 Å². The number of hydrogen-bond donors (Lipinski definition) is 1. The molecule has 1 N–H and O–H groups in total. The second kappa shape index (κ2) is 8.02. The molecule has 0 atom stereocenters. The van der Waals surface area contributed by atoms with Gasteiger partial charge in [0.2, 0.25) is 0 Å². The third-order valence-electron chi connectivity index (χ3n) is 3.29. The van der Waals surface area contributed by atoms with Crippen LogP contribution in [0.15, 0.2) is 29.3 Å². The van der Waals surface area contributed by atoms with Crippen molar-refractivity contribution >= 4 is 5.84 Å². The maximum Gasteiger partial charge on any atom is 0.174 e. The SMILES string of the molecule is CCOC(CNC1=NCCCc2ccccc21)OCC. The van der Waals surface area contributed by atoms with Crippen molar-refractivity contribution in [3.8, 4) is 0 Å². The summed E-state index contributed by atoms with van der Waals surface area (Å²) in [5.41, 5.74) is 2.57. The molecule has 0 amide bonds. The summed E-state index contributed by atoms with van der Waals surface area (Å²) < 4.78 is 11.1. The summed E-state index contributed by atoms with van der Waals surface area (Å²) in [6, 6.07) is 8.46. The van der Waals surface area contributed by atoms with Crippen LogP contribution < -0.4 is 5.32 Å². The van der Waals surface area contributed by atoms with E-state index in [1.54, 1.807) is 0 Å². The van der Waals surface area contributed by atoms with Crippen LogP contribution in [0.25, 0.3) is 0 Å². The number of ether oxygens (including phenoxy) is 2. The molecule has 20 heavy (non-hydrogen) atoms. The van der Waals surface area contributed by atoms with E-state index in [0.29, 0.717) is 19.8 Å². The predicted molar refractivity (Wildman–Crippen MR) is 81.2 cm³/mol. The molecule has 0 aromatic heterocycles. The average molecular weight is 276 g/mol. The topological polar surface area (TPSA) is 42.8 Å². The smallest absolute Gasteiger partial charge is 0.174 e. The van der Waals surface area contributed by atoms with E-state index in [0.717, 1.165) is 25.2 Å². The lowest BCUT2D eigenvalue weighted by Gasteiger charge is -2.19. The van der Waals surface area contributed by atoms with Crippen LogP contribution in [-0.4, -0.2) is 38.4 Å². The van der Waals surface area contributed by atoms with Gasteiger partial charge in [0, 0.05) is 25.3 Å². The van der Waals surface area contributed by atoms with Gasteiger partial charge in [-0.15, -0.1) is 0 Å². The van der Waals surface area contributed by atoms with Crippen LogP contribution in [0.5, 0.6) is 0 Å². The van der Waals surface area contributed by atoms with Gasteiger partial charge >= 0.3 is 0 Å². The molecule has 0 bridgehead atoms. The lowest BCUT2D eigenvalue weighted by Crippen LogP contribution is -2.36. The van der Waals surface area contributed by atoms with Crippen molar-refractivity contribution in [2.45, 2.75) is 33.0 Å². The molecule has 0 unspecified atom stereocenters. The van der Waals surface area contributed by atoms with Crippen molar-refractivity contribution in [1.82, 2.24) is 5.32 Å². The largest absolute Gasteiger partial charge is 0.365 e. The Morgan fingerprint density at radius 1 is 1.20 bits per heavy atom. The lowest BCUT2D eigenvalue weighted by molar-refractivity contribution is -0.131. The molecule has 0 spiro atoms. The number of hydrogen-bond acceptors (Lipinski definition) is 4. The van der Waals surface area contributed by atoms with Crippen molar-refractivity contribution < 1.29 is 9.47 Å². The summed E-state index contributed by atoms with van der Waals surface area (Å²) in [7, 11) is 0. The first-order valence-corrected chi connectivity index (χ1v) is 7.45. The fourth-order valence-corrected chi connectivity index (χ4v) is 2.38. The number of amidine groups is 1.